The molecule has 2 heterocycles. The molecule has 7 nitrogen and oxygen atoms in total. The highest BCUT2D eigenvalue weighted by Crippen LogP contribution is 2.22. The maximum Gasteiger partial charge on any atom is 0.255 e. The number of anilines is 2. The lowest BCUT2D eigenvalue weighted by molar-refractivity contribution is 0.0940. The first-order valence-corrected chi connectivity index (χ1v) is 10.9. The van der Waals surface area contributed by atoms with Gasteiger partial charge in [0.05, 0.1) is 23.5 Å². The van der Waals surface area contributed by atoms with Crippen LogP contribution in [0, 0.1) is 17.1 Å². The minimum Gasteiger partial charge on any atom is -0.397 e. The smallest absolute Gasteiger partial charge is 0.255 e. The van der Waals surface area contributed by atoms with Crippen LogP contribution in [0.2, 0.25) is 0 Å². The number of rotatable bonds is 7. The Morgan fingerprint density at radius 1 is 1.06 bits per heavy atom. The molecule has 174 valence electrons. The van der Waals surface area contributed by atoms with Crippen LogP contribution < -0.4 is 16.4 Å². The summed E-state index contributed by atoms with van der Waals surface area (Å²) in [5, 5.41) is 15.2. The predicted octanol–water partition coefficient (Wildman–Crippen LogP) is 4.84. The van der Waals surface area contributed by atoms with Gasteiger partial charge in [-0.05, 0) is 59.5 Å². The number of nitriles is 1. The van der Waals surface area contributed by atoms with E-state index in [1.807, 2.05) is 43.3 Å². The van der Waals surface area contributed by atoms with Crippen molar-refractivity contribution in [2.75, 3.05) is 11.1 Å². The molecule has 0 unspecified atom stereocenters. The van der Waals surface area contributed by atoms with Gasteiger partial charge in [0.1, 0.15) is 23.4 Å². The first-order chi connectivity index (χ1) is 16.9. The largest absolute Gasteiger partial charge is 0.397 e. The highest BCUT2D eigenvalue weighted by Gasteiger charge is 2.17. The van der Waals surface area contributed by atoms with Crippen molar-refractivity contribution in [2.24, 2.45) is 0 Å². The summed E-state index contributed by atoms with van der Waals surface area (Å²) >= 11 is 0. The minimum atomic E-state index is -0.342. The van der Waals surface area contributed by atoms with E-state index in [0.717, 1.165) is 22.3 Å². The summed E-state index contributed by atoms with van der Waals surface area (Å²) in [6.45, 7) is 2.26. The number of hydrogen-bond acceptors (Lipinski definition) is 6. The van der Waals surface area contributed by atoms with Crippen molar-refractivity contribution in [2.45, 2.75) is 19.5 Å². The molecule has 0 aliphatic heterocycles. The highest BCUT2D eigenvalue weighted by atomic mass is 19.1. The van der Waals surface area contributed by atoms with E-state index in [1.165, 1.54) is 18.3 Å². The second-order valence-electron chi connectivity index (χ2n) is 8.00. The molecule has 4 aromatic rings. The fraction of sp³-hybridized carbons (Fsp3) is 0.111. The lowest BCUT2D eigenvalue weighted by Gasteiger charge is -2.17. The molecule has 0 saturated heterocycles. The van der Waals surface area contributed by atoms with Gasteiger partial charge in [0.25, 0.3) is 5.91 Å². The average Bonchev–Trinajstić information content (AvgIpc) is 2.88. The first-order valence-electron chi connectivity index (χ1n) is 10.9. The molecule has 35 heavy (non-hydrogen) atoms. The maximum absolute atomic E-state index is 13.2. The summed E-state index contributed by atoms with van der Waals surface area (Å²) in [6, 6.07) is 20.7. The second-order valence-corrected chi connectivity index (χ2v) is 8.00. The summed E-state index contributed by atoms with van der Waals surface area (Å²) in [6.07, 6.45) is 3.10. The van der Waals surface area contributed by atoms with Crippen molar-refractivity contribution in [3.63, 3.8) is 0 Å². The van der Waals surface area contributed by atoms with Crippen LogP contribution in [0.5, 0.6) is 0 Å². The van der Waals surface area contributed by atoms with Crippen molar-refractivity contribution in [3.8, 4) is 17.2 Å². The zero-order chi connectivity index (χ0) is 24.8. The fourth-order valence-corrected chi connectivity index (χ4v) is 3.58. The molecule has 0 radical (unpaired) electrons. The molecule has 4 N–H and O–H groups in total. The van der Waals surface area contributed by atoms with Gasteiger partial charge in [-0.3, -0.25) is 4.79 Å². The molecule has 2 aromatic carbocycles. The van der Waals surface area contributed by atoms with Gasteiger partial charge in [-0.15, -0.1) is 0 Å². The molecule has 0 aliphatic rings. The van der Waals surface area contributed by atoms with E-state index in [-0.39, 0.29) is 17.8 Å². The number of benzene rings is 2. The van der Waals surface area contributed by atoms with E-state index in [1.54, 1.807) is 30.5 Å². The number of nitrogens with one attached hydrogen (secondary N) is 2. The third-order valence-corrected chi connectivity index (χ3v) is 5.49. The fourth-order valence-electron chi connectivity index (χ4n) is 3.58. The highest BCUT2D eigenvalue weighted by molar-refractivity contribution is 5.99. The number of halogens is 1. The molecule has 1 amide bonds. The van der Waals surface area contributed by atoms with Crippen LogP contribution >= 0.6 is 0 Å². The van der Waals surface area contributed by atoms with Gasteiger partial charge in [0.2, 0.25) is 0 Å². The Kier molecular flexibility index (Phi) is 6.98. The van der Waals surface area contributed by atoms with Gasteiger partial charge in [0.15, 0.2) is 0 Å². The van der Waals surface area contributed by atoms with E-state index in [2.05, 4.69) is 20.6 Å². The quantitative estimate of drug-likeness (QED) is 0.359. The lowest BCUT2D eigenvalue weighted by atomic mass is 10.0. The van der Waals surface area contributed by atoms with Crippen LogP contribution in [0.25, 0.3) is 11.1 Å². The van der Waals surface area contributed by atoms with Crippen LogP contribution in [0.1, 0.15) is 40.1 Å². The molecule has 2 aromatic heterocycles. The molecule has 0 aliphatic carbocycles. The van der Waals surface area contributed by atoms with E-state index in [4.69, 9.17) is 11.0 Å². The maximum atomic E-state index is 13.2. The Hall–Kier alpha value is -4.77. The Morgan fingerprint density at radius 3 is 2.51 bits per heavy atom. The number of aromatic nitrogens is 2. The van der Waals surface area contributed by atoms with Crippen LogP contribution in [-0.4, -0.2) is 15.9 Å². The lowest BCUT2D eigenvalue weighted by Crippen LogP contribution is -2.28. The summed E-state index contributed by atoms with van der Waals surface area (Å²) in [7, 11) is 0. The first kappa shape index (κ1) is 23.4. The van der Waals surface area contributed by atoms with Crippen molar-refractivity contribution in [3.05, 3.63) is 107 Å². The third kappa shape index (κ3) is 5.78. The molecule has 0 saturated carbocycles. The number of pyridine rings is 2. The number of carbonyl (C=O) groups excluding carboxylic acids is 1. The van der Waals surface area contributed by atoms with Crippen LogP contribution in [-0.2, 0) is 6.54 Å². The van der Waals surface area contributed by atoms with Gasteiger partial charge >= 0.3 is 0 Å². The molecular formula is C27H23FN6O. The van der Waals surface area contributed by atoms with Crippen LogP contribution in [0.15, 0.2) is 79.1 Å². The Balaban J connectivity index is 1.45. The van der Waals surface area contributed by atoms with Gasteiger partial charge < -0.3 is 16.4 Å². The van der Waals surface area contributed by atoms with E-state index >= 15 is 0 Å². The second kappa shape index (κ2) is 10.4. The Labute approximate surface area is 202 Å². The number of nitrogens with two attached hydrogens (primary N) is 1. The number of nitrogen functional groups attached to an aromatic ring is 1. The summed E-state index contributed by atoms with van der Waals surface area (Å²) in [5.41, 5.74) is 10.6. The van der Waals surface area contributed by atoms with Crippen LogP contribution in [0.3, 0.4) is 0 Å². The molecule has 0 spiro atoms. The average molecular weight is 467 g/mol. The predicted molar refractivity (Wildman–Crippen MR) is 133 cm³/mol. The van der Waals surface area contributed by atoms with Crippen molar-refractivity contribution in [1.82, 2.24) is 15.3 Å². The Morgan fingerprint density at radius 2 is 1.80 bits per heavy atom. The molecule has 0 bridgehead atoms. The van der Waals surface area contributed by atoms with E-state index in [0.29, 0.717) is 29.3 Å². The van der Waals surface area contributed by atoms with Crippen LogP contribution in [0.4, 0.5) is 15.9 Å². The third-order valence-electron chi connectivity index (χ3n) is 5.49. The number of hydrogen-bond donors (Lipinski definition) is 3. The molecular weight excluding hydrogens is 443 g/mol. The Bertz CT molecular complexity index is 1380. The SMILES string of the molecule is C[C@H](NC(=O)c1cc(N)cnc1NCc1ccc(-c2ccnc(C#N)c2)cc1)c1ccc(F)cc1. The van der Waals surface area contributed by atoms with Crippen molar-refractivity contribution in [1.29, 1.82) is 5.26 Å². The zero-order valence-electron chi connectivity index (χ0n) is 19.0. The summed E-state index contributed by atoms with van der Waals surface area (Å²) in [5.74, 6) is -0.273. The molecule has 1 atom stereocenters. The number of amides is 1. The van der Waals surface area contributed by atoms with E-state index < -0.39 is 0 Å². The molecule has 0 fully saturated rings. The normalized spacial score (nSPS) is 11.3. The van der Waals surface area contributed by atoms with Gasteiger partial charge in [0, 0.05) is 12.7 Å². The minimum absolute atomic E-state index is 0.316. The van der Waals surface area contributed by atoms with Gasteiger partial charge in [-0.1, -0.05) is 36.4 Å². The topological polar surface area (TPSA) is 117 Å². The van der Waals surface area contributed by atoms with Crippen molar-refractivity contribution < 1.29 is 9.18 Å². The summed E-state index contributed by atoms with van der Waals surface area (Å²) < 4.78 is 13.2. The van der Waals surface area contributed by atoms with Gasteiger partial charge in [-0.2, -0.15) is 5.26 Å². The summed E-state index contributed by atoms with van der Waals surface area (Å²) in [4.78, 5) is 21.3. The number of nitrogens with zero attached hydrogens (tertiary/aromatic N) is 3. The van der Waals surface area contributed by atoms with Crippen molar-refractivity contribution >= 4 is 17.4 Å². The number of carbonyl (C=O) groups is 1. The van der Waals surface area contributed by atoms with Gasteiger partial charge in [-0.25, -0.2) is 14.4 Å². The molecule has 4 rings (SSSR count). The monoisotopic (exact) mass is 466 g/mol. The standard InChI is InChI=1S/C27H23FN6O/c1-17(19-6-8-22(28)9-7-19)34-27(35)25-13-23(30)16-33-26(25)32-15-18-2-4-20(5-3-18)21-10-11-31-24(12-21)14-29/h2-13,16-17H,15,30H2,1H3,(H,32,33)(H,34,35)/t17-/m0/s1. The van der Waals surface area contributed by atoms with E-state index in [9.17, 15) is 9.18 Å². The molecule has 8 heteroatoms. The zero-order valence-corrected chi connectivity index (χ0v) is 19.0.